The summed E-state index contributed by atoms with van der Waals surface area (Å²) in [4.78, 5) is 24.0. The number of anilines is 1. The molecule has 0 saturated heterocycles. The van der Waals surface area contributed by atoms with Crippen molar-refractivity contribution >= 4 is 33.5 Å². The molecule has 0 fully saturated rings. The average Bonchev–Trinajstić information content (AvgIpc) is 2.50. The molecular weight excluding hydrogens is 334 g/mol. The van der Waals surface area contributed by atoms with Crippen LogP contribution in [0.25, 0.3) is 0 Å². The molecule has 2 atom stereocenters. The van der Waals surface area contributed by atoms with Crippen LogP contribution in [-0.2, 0) is 14.3 Å². The Morgan fingerprint density at radius 1 is 1.29 bits per heavy atom. The number of allylic oxidation sites excluding steroid dienone is 2. The van der Waals surface area contributed by atoms with Crippen molar-refractivity contribution in [2.24, 2.45) is 5.92 Å². The van der Waals surface area contributed by atoms with E-state index in [1.165, 1.54) is 0 Å². The fourth-order valence-corrected chi connectivity index (χ4v) is 2.37. The van der Waals surface area contributed by atoms with Gasteiger partial charge in [0.2, 0.25) is 0 Å². The molecular formula is C16H18BrNO3. The predicted molar refractivity (Wildman–Crippen MR) is 84.8 cm³/mol. The van der Waals surface area contributed by atoms with Crippen LogP contribution in [0.4, 0.5) is 5.69 Å². The number of benzene rings is 1. The molecule has 5 heteroatoms. The number of halogens is 1. The highest BCUT2D eigenvalue weighted by molar-refractivity contribution is 9.10. The Hall–Kier alpha value is -1.62. The van der Waals surface area contributed by atoms with E-state index >= 15 is 0 Å². The third-order valence-electron chi connectivity index (χ3n) is 3.38. The SMILES string of the molecule is C[C@@H](OC(=O)[C@@H]1CC=CCC1)C(=O)Nc1ccc(Br)cc1. The number of ether oxygens (including phenoxy) is 1. The van der Waals surface area contributed by atoms with Gasteiger partial charge in [0.05, 0.1) is 5.92 Å². The van der Waals surface area contributed by atoms with Crippen molar-refractivity contribution in [3.05, 3.63) is 40.9 Å². The Balaban J connectivity index is 1.85. The standard InChI is InChI=1S/C16H18BrNO3/c1-11(21-16(20)12-5-3-2-4-6-12)15(19)18-14-9-7-13(17)8-10-14/h2-3,7-12H,4-6H2,1H3,(H,18,19)/t11-,12-/m1/s1. The van der Waals surface area contributed by atoms with E-state index in [9.17, 15) is 9.59 Å². The van der Waals surface area contributed by atoms with Crippen LogP contribution in [0.15, 0.2) is 40.9 Å². The van der Waals surface area contributed by atoms with E-state index in [1.807, 2.05) is 18.2 Å². The van der Waals surface area contributed by atoms with Gasteiger partial charge in [-0.1, -0.05) is 28.1 Å². The molecule has 2 rings (SSSR count). The number of esters is 1. The van der Waals surface area contributed by atoms with Gasteiger partial charge >= 0.3 is 5.97 Å². The zero-order valence-corrected chi connectivity index (χ0v) is 13.4. The van der Waals surface area contributed by atoms with Gasteiger partial charge in [0.1, 0.15) is 0 Å². The van der Waals surface area contributed by atoms with E-state index in [0.717, 1.165) is 17.3 Å². The Labute approximate surface area is 132 Å². The van der Waals surface area contributed by atoms with Gasteiger partial charge in [-0.05, 0) is 50.5 Å². The molecule has 0 radical (unpaired) electrons. The minimum absolute atomic E-state index is 0.127. The van der Waals surface area contributed by atoms with Crippen molar-refractivity contribution in [1.29, 1.82) is 0 Å². The second-order valence-corrected chi connectivity index (χ2v) is 5.97. The van der Waals surface area contributed by atoms with Gasteiger partial charge in [-0.2, -0.15) is 0 Å². The van der Waals surface area contributed by atoms with Crippen LogP contribution in [0.3, 0.4) is 0 Å². The average molecular weight is 352 g/mol. The first kappa shape index (κ1) is 15.8. The third-order valence-corrected chi connectivity index (χ3v) is 3.90. The molecule has 0 aliphatic heterocycles. The van der Waals surface area contributed by atoms with E-state index in [2.05, 4.69) is 27.3 Å². The molecule has 0 spiro atoms. The molecule has 0 bridgehead atoms. The van der Waals surface area contributed by atoms with Crippen LogP contribution >= 0.6 is 15.9 Å². The van der Waals surface area contributed by atoms with Crippen molar-refractivity contribution in [1.82, 2.24) is 0 Å². The second kappa shape index (κ2) is 7.41. The summed E-state index contributed by atoms with van der Waals surface area (Å²) in [6.07, 6.45) is 5.62. The van der Waals surface area contributed by atoms with Crippen LogP contribution in [0, 0.1) is 5.92 Å². The van der Waals surface area contributed by atoms with Crippen molar-refractivity contribution < 1.29 is 14.3 Å². The lowest BCUT2D eigenvalue weighted by Crippen LogP contribution is -2.32. The van der Waals surface area contributed by atoms with E-state index in [0.29, 0.717) is 12.1 Å². The third kappa shape index (κ3) is 4.70. The summed E-state index contributed by atoms with van der Waals surface area (Å²) in [7, 11) is 0. The van der Waals surface area contributed by atoms with Crippen LogP contribution in [0.1, 0.15) is 26.2 Å². The molecule has 1 aliphatic rings. The summed E-state index contributed by atoms with van der Waals surface area (Å²) in [5.41, 5.74) is 0.673. The summed E-state index contributed by atoms with van der Waals surface area (Å²) in [5.74, 6) is -0.743. The fraction of sp³-hybridized carbons (Fsp3) is 0.375. The molecule has 0 aromatic heterocycles. The van der Waals surface area contributed by atoms with Crippen LogP contribution < -0.4 is 5.32 Å². The summed E-state index contributed by atoms with van der Waals surface area (Å²) in [5, 5.41) is 2.73. The van der Waals surface area contributed by atoms with Crippen molar-refractivity contribution in [2.45, 2.75) is 32.3 Å². The highest BCUT2D eigenvalue weighted by atomic mass is 79.9. The van der Waals surface area contributed by atoms with Gasteiger partial charge in [0.25, 0.3) is 5.91 Å². The number of hydrogen-bond donors (Lipinski definition) is 1. The van der Waals surface area contributed by atoms with Crippen LogP contribution in [-0.4, -0.2) is 18.0 Å². The van der Waals surface area contributed by atoms with Crippen LogP contribution in [0.5, 0.6) is 0 Å². The van der Waals surface area contributed by atoms with Gasteiger partial charge in [0, 0.05) is 10.2 Å². The highest BCUT2D eigenvalue weighted by Gasteiger charge is 2.24. The normalized spacial score (nSPS) is 18.9. The molecule has 1 N–H and O–H groups in total. The molecule has 0 heterocycles. The highest BCUT2D eigenvalue weighted by Crippen LogP contribution is 2.20. The molecule has 21 heavy (non-hydrogen) atoms. The predicted octanol–water partition coefficient (Wildman–Crippen LogP) is 3.68. The molecule has 0 unspecified atom stereocenters. The molecule has 0 saturated carbocycles. The van der Waals surface area contributed by atoms with E-state index in [-0.39, 0.29) is 17.8 Å². The minimum Gasteiger partial charge on any atom is -0.452 e. The number of nitrogens with one attached hydrogen (secondary N) is 1. The zero-order valence-electron chi connectivity index (χ0n) is 11.8. The second-order valence-electron chi connectivity index (χ2n) is 5.06. The molecule has 4 nitrogen and oxygen atoms in total. The van der Waals surface area contributed by atoms with E-state index < -0.39 is 6.10 Å². The monoisotopic (exact) mass is 351 g/mol. The molecule has 1 aromatic carbocycles. The Bertz CT molecular complexity index is 539. The topological polar surface area (TPSA) is 55.4 Å². The molecule has 1 aromatic rings. The minimum atomic E-state index is -0.799. The molecule has 1 aliphatic carbocycles. The number of carbonyl (C=O) groups excluding carboxylic acids is 2. The summed E-state index contributed by atoms with van der Waals surface area (Å²) < 4.78 is 6.19. The summed E-state index contributed by atoms with van der Waals surface area (Å²) in [6.45, 7) is 1.59. The number of hydrogen-bond acceptors (Lipinski definition) is 3. The first-order valence-corrected chi connectivity index (χ1v) is 7.77. The lowest BCUT2D eigenvalue weighted by Gasteiger charge is -2.19. The van der Waals surface area contributed by atoms with E-state index in [4.69, 9.17) is 4.74 Å². The first-order chi connectivity index (χ1) is 10.1. The maximum Gasteiger partial charge on any atom is 0.310 e. The fourth-order valence-electron chi connectivity index (χ4n) is 2.11. The Morgan fingerprint density at radius 3 is 2.62 bits per heavy atom. The van der Waals surface area contributed by atoms with Gasteiger partial charge in [-0.15, -0.1) is 0 Å². The van der Waals surface area contributed by atoms with Crippen molar-refractivity contribution in [2.75, 3.05) is 5.32 Å². The van der Waals surface area contributed by atoms with Gasteiger partial charge < -0.3 is 10.1 Å². The van der Waals surface area contributed by atoms with Gasteiger partial charge in [-0.3, -0.25) is 9.59 Å². The van der Waals surface area contributed by atoms with Crippen molar-refractivity contribution in [3.63, 3.8) is 0 Å². The Kier molecular flexibility index (Phi) is 5.56. The lowest BCUT2D eigenvalue weighted by atomic mass is 9.95. The maximum absolute atomic E-state index is 12.0. The summed E-state index contributed by atoms with van der Waals surface area (Å²) in [6, 6.07) is 7.23. The zero-order chi connectivity index (χ0) is 15.2. The quantitative estimate of drug-likeness (QED) is 0.664. The molecule has 1 amide bonds. The Morgan fingerprint density at radius 2 is 2.00 bits per heavy atom. The van der Waals surface area contributed by atoms with E-state index in [1.54, 1.807) is 19.1 Å². The first-order valence-electron chi connectivity index (χ1n) is 6.98. The van der Waals surface area contributed by atoms with Gasteiger partial charge in [-0.25, -0.2) is 0 Å². The molecule has 112 valence electrons. The number of carbonyl (C=O) groups is 2. The van der Waals surface area contributed by atoms with Crippen molar-refractivity contribution in [3.8, 4) is 0 Å². The largest absolute Gasteiger partial charge is 0.452 e. The number of rotatable bonds is 4. The van der Waals surface area contributed by atoms with Gasteiger partial charge in [0.15, 0.2) is 6.10 Å². The lowest BCUT2D eigenvalue weighted by molar-refractivity contribution is -0.157. The smallest absolute Gasteiger partial charge is 0.310 e. The number of amides is 1. The van der Waals surface area contributed by atoms with Crippen LogP contribution in [0.2, 0.25) is 0 Å². The maximum atomic E-state index is 12.0. The summed E-state index contributed by atoms with van der Waals surface area (Å²) >= 11 is 3.33.